The Morgan fingerprint density at radius 3 is 2.33 bits per heavy atom. The van der Waals surface area contributed by atoms with Gasteiger partial charge in [0.05, 0.1) is 38.4 Å². The minimum Gasteiger partial charge on any atom is -0.497 e. The van der Waals surface area contributed by atoms with Gasteiger partial charge in [-0.15, -0.1) is 0 Å². The number of nitrogens with zero attached hydrogens (tertiary/aromatic N) is 2. The van der Waals surface area contributed by atoms with Crippen molar-refractivity contribution in [3.8, 4) is 11.5 Å². The first-order valence-electron chi connectivity index (χ1n) is 9.96. The highest BCUT2D eigenvalue weighted by Crippen LogP contribution is 2.21. The topological polar surface area (TPSA) is 126 Å². The van der Waals surface area contributed by atoms with Crippen LogP contribution in [0.2, 0.25) is 0 Å². The highest BCUT2D eigenvalue weighted by molar-refractivity contribution is 6.13. The highest BCUT2D eigenvalue weighted by Gasteiger charge is 2.12. The van der Waals surface area contributed by atoms with Crippen LogP contribution in [0.15, 0.2) is 76.2 Å². The van der Waals surface area contributed by atoms with Crippen LogP contribution in [-0.2, 0) is 11.3 Å². The summed E-state index contributed by atoms with van der Waals surface area (Å²) >= 11 is 0. The van der Waals surface area contributed by atoms with E-state index in [2.05, 4.69) is 23.3 Å². The summed E-state index contributed by atoms with van der Waals surface area (Å²) in [6, 6.07) is 15.0. The molecule has 0 atom stereocenters. The van der Waals surface area contributed by atoms with E-state index >= 15 is 0 Å². The zero-order chi connectivity index (χ0) is 24.6. The third-order valence-electron chi connectivity index (χ3n) is 4.43. The summed E-state index contributed by atoms with van der Waals surface area (Å²) < 4.78 is 16.5. The summed E-state index contributed by atoms with van der Waals surface area (Å²) in [7, 11) is 3.12. The molecule has 174 valence electrons. The Morgan fingerprint density at radius 1 is 1.09 bits per heavy atom. The number of nitrogens with two attached hydrogens (primary N) is 1. The van der Waals surface area contributed by atoms with Gasteiger partial charge in [-0.2, -0.15) is 0 Å². The van der Waals surface area contributed by atoms with E-state index in [1.807, 2.05) is 49.4 Å². The Kier molecular flexibility index (Phi) is 12.0. The molecule has 0 radical (unpaired) electrons. The Balaban J connectivity index is 0.00000265. The van der Waals surface area contributed by atoms with Crippen molar-refractivity contribution in [1.82, 2.24) is 0 Å². The molecule has 2 rings (SSSR count). The molecule has 0 saturated heterocycles. The summed E-state index contributed by atoms with van der Waals surface area (Å²) in [5, 5.41) is 13.3. The molecule has 2 aromatic carbocycles. The van der Waals surface area contributed by atoms with Gasteiger partial charge in [0.2, 0.25) is 5.90 Å². The average molecular weight is 450 g/mol. The molecule has 8 nitrogen and oxygen atoms in total. The van der Waals surface area contributed by atoms with Crippen molar-refractivity contribution in [2.75, 3.05) is 20.8 Å². The van der Waals surface area contributed by atoms with Crippen molar-refractivity contribution >= 4 is 30.9 Å². The van der Waals surface area contributed by atoms with E-state index in [1.54, 1.807) is 13.2 Å². The van der Waals surface area contributed by atoms with E-state index in [0.717, 1.165) is 16.7 Å². The molecule has 0 fully saturated rings. The predicted octanol–water partition coefficient (Wildman–Crippen LogP) is 4.51. The minimum absolute atomic E-state index is 0.267. The van der Waals surface area contributed by atoms with Crippen LogP contribution in [0, 0.1) is 10.8 Å². The van der Waals surface area contributed by atoms with Gasteiger partial charge >= 0.3 is 0 Å². The zero-order valence-electron chi connectivity index (χ0n) is 19.3. The van der Waals surface area contributed by atoms with Crippen LogP contribution < -0.4 is 15.2 Å². The maximum absolute atomic E-state index is 7.84. The molecule has 33 heavy (non-hydrogen) atoms. The van der Waals surface area contributed by atoms with E-state index in [-0.39, 0.29) is 6.61 Å². The van der Waals surface area contributed by atoms with Gasteiger partial charge in [-0.3, -0.25) is 4.99 Å². The molecule has 0 amide bonds. The highest BCUT2D eigenvalue weighted by atomic mass is 16.5. The van der Waals surface area contributed by atoms with Crippen molar-refractivity contribution in [1.29, 1.82) is 10.8 Å². The van der Waals surface area contributed by atoms with Gasteiger partial charge in [0.1, 0.15) is 18.1 Å². The van der Waals surface area contributed by atoms with Crippen LogP contribution in [0.1, 0.15) is 18.1 Å². The minimum atomic E-state index is 0.267. The second-order valence-electron chi connectivity index (χ2n) is 6.56. The molecule has 0 aliphatic rings. The molecule has 0 aromatic heterocycles. The lowest BCUT2D eigenvalue weighted by Gasteiger charge is -2.13. The fourth-order valence-electron chi connectivity index (χ4n) is 2.69. The monoisotopic (exact) mass is 449 g/mol. The third-order valence-corrected chi connectivity index (χ3v) is 4.43. The Hall–Kier alpha value is -4.20. The number of ether oxygens (including phenoxy) is 3. The smallest absolute Gasteiger partial charge is 0.222 e. The third kappa shape index (κ3) is 8.45. The molecule has 0 unspecified atom stereocenters. The van der Waals surface area contributed by atoms with Crippen molar-refractivity contribution in [2.24, 2.45) is 15.7 Å². The Labute approximate surface area is 195 Å². The first-order valence-corrected chi connectivity index (χ1v) is 9.96. The van der Waals surface area contributed by atoms with Crippen LogP contribution in [-0.4, -0.2) is 46.0 Å². The summed E-state index contributed by atoms with van der Waals surface area (Å²) in [5.74, 6) is 1.67. The fraction of sp³-hybridized carbons (Fsp3) is 0.200. The molecular formula is C25H31N5O3. The molecule has 8 heteroatoms. The molecule has 0 heterocycles. The number of hydrogen-bond donors (Lipinski definition) is 3. The zero-order valence-corrected chi connectivity index (χ0v) is 19.3. The van der Waals surface area contributed by atoms with Gasteiger partial charge in [0, 0.05) is 12.3 Å². The molecule has 0 aliphatic carbocycles. The fourth-order valence-corrected chi connectivity index (χ4v) is 2.69. The lowest BCUT2D eigenvalue weighted by atomic mass is 10.1. The molecule has 0 aliphatic heterocycles. The van der Waals surface area contributed by atoms with E-state index in [1.165, 1.54) is 19.7 Å². The van der Waals surface area contributed by atoms with Crippen LogP contribution in [0.4, 0.5) is 0 Å². The normalized spacial score (nSPS) is 11.7. The van der Waals surface area contributed by atoms with E-state index in [4.69, 9.17) is 30.8 Å². The SMILES string of the molecule is C=C(N=C(OC)/C(C=N)=C(/C)COc1cccc(OC)c1)c1ccc(CN=CN)cc1.C=N. The predicted molar refractivity (Wildman–Crippen MR) is 136 cm³/mol. The first kappa shape index (κ1) is 26.8. The van der Waals surface area contributed by atoms with Crippen LogP contribution in [0.3, 0.4) is 0 Å². The number of rotatable bonds is 10. The van der Waals surface area contributed by atoms with Crippen molar-refractivity contribution in [2.45, 2.75) is 13.5 Å². The Bertz CT molecular complexity index is 1010. The van der Waals surface area contributed by atoms with Crippen molar-refractivity contribution in [3.63, 3.8) is 0 Å². The number of aliphatic imine (C=N–C) groups is 2. The average Bonchev–Trinajstić information content (AvgIpc) is 2.87. The summed E-state index contributed by atoms with van der Waals surface area (Å²) in [5.41, 5.74) is 8.99. The second-order valence-corrected chi connectivity index (χ2v) is 6.56. The van der Waals surface area contributed by atoms with Crippen LogP contribution in [0.5, 0.6) is 11.5 Å². The van der Waals surface area contributed by atoms with E-state index in [9.17, 15) is 0 Å². The molecular weight excluding hydrogens is 418 g/mol. The van der Waals surface area contributed by atoms with Gasteiger partial charge < -0.3 is 30.8 Å². The second kappa shape index (κ2) is 14.7. The summed E-state index contributed by atoms with van der Waals surface area (Å²) in [4.78, 5) is 8.51. The van der Waals surface area contributed by atoms with Crippen LogP contribution >= 0.6 is 0 Å². The molecule has 2 aromatic rings. The number of hydrogen-bond acceptors (Lipinski definition) is 7. The maximum atomic E-state index is 7.84. The molecule has 0 spiro atoms. The van der Waals surface area contributed by atoms with E-state index in [0.29, 0.717) is 35.2 Å². The van der Waals surface area contributed by atoms with Gasteiger partial charge in [-0.25, -0.2) is 4.99 Å². The number of benzene rings is 2. The molecule has 4 N–H and O–H groups in total. The number of nitrogens with one attached hydrogen (secondary N) is 2. The van der Waals surface area contributed by atoms with Crippen molar-refractivity contribution in [3.05, 3.63) is 77.4 Å². The maximum Gasteiger partial charge on any atom is 0.222 e. The van der Waals surface area contributed by atoms with Gasteiger partial charge in [0.25, 0.3) is 0 Å². The van der Waals surface area contributed by atoms with Gasteiger partial charge in [0.15, 0.2) is 0 Å². The number of methoxy groups -OCH3 is 2. The Morgan fingerprint density at radius 2 is 1.76 bits per heavy atom. The molecule has 0 saturated carbocycles. The standard InChI is InChI=1S/C24H28N4O3.CH3N/c1-17(15-31-22-7-5-6-21(12-22)29-3)23(13-25)24(30-4)28-18(2)20-10-8-19(9-11-20)14-27-16-26;1-2/h5-13,16,25H,2,14-15H2,1,3-4H3,(H2,26,27);2H,1H2/b23-17-,25-13?,28-24?;. The summed E-state index contributed by atoms with van der Waals surface area (Å²) in [6.07, 6.45) is 2.49. The van der Waals surface area contributed by atoms with Crippen molar-refractivity contribution < 1.29 is 14.2 Å². The lowest BCUT2D eigenvalue weighted by molar-refractivity contribution is 0.346. The summed E-state index contributed by atoms with van der Waals surface area (Å²) in [6.45, 7) is 9.18. The quantitative estimate of drug-likeness (QED) is 0.364. The molecule has 0 bridgehead atoms. The van der Waals surface area contributed by atoms with Gasteiger partial charge in [-0.1, -0.05) is 36.9 Å². The van der Waals surface area contributed by atoms with E-state index < -0.39 is 0 Å². The largest absolute Gasteiger partial charge is 0.497 e. The van der Waals surface area contributed by atoms with Gasteiger partial charge in [-0.05, 0) is 42.5 Å². The van der Waals surface area contributed by atoms with Crippen LogP contribution in [0.25, 0.3) is 5.70 Å². The first-order chi connectivity index (χ1) is 16.0. The lowest BCUT2D eigenvalue weighted by Crippen LogP contribution is -2.12.